The molecule has 2 aromatic heterocycles. The standard InChI is InChI=1S/C22H32N8O/c1-7-23-22(25-14(2)12-19-15(3)29-30(5)16(19)4)24-13-20-26-21(28-27-20)17-8-10-18(31-6)11-9-17/h8-11,14H,7,12-13H2,1-6H3,(H2,23,24,25)(H,26,27,28). The molecule has 0 bridgehead atoms. The maximum atomic E-state index is 5.20. The number of methoxy groups -OCH3 is 1. The Morgan fingerprint density at radius 3 is 2.61 bits per heavy atom. The van der Waals surface area contributed by atoms with Gasteiger partial charge in [-0.05, 0) is 63.9 Å². The Labute approximate surface area is 183 Å². The first-order valence-electron chi connectivity index (χ1n) is 10.5. The van der Waals surface area contributed by atoms with Gasteiger partial charge in [0.05, 0.1) is 12.8 Å². The molecule has 31 heavy (non-hydrogen) atoms. The Kier molecular flexibility index (Phi) is 7.28. The number of guanidine groups is 1. The Morgan fingerprint density at radius 2 is 2.00 bits per heavy atom. The van der Waals surface area contributed by atoms with E-state index in [9.17, 15) is 0 Å². The molecule has 3 aromatic rings. The molecular weight excluding hydrogens is 392 g/mol. The largest absolute Gasteiger partial charge is 0.497 e. The second-order valence-corrected chi connectivity index (χ2v) is 7.55. The summed E-state index contributed by atoms with van der Waals surface area (Å²) < 4.78 is 7.13. The van der Waals surface area contributed by atoms with E-state index >= 15 is 0 Å². The van der Waals surface area contributed by atoms with Crippen LogP contribution in [0.4, 0.5) is 0 Å². The van der Waals surface area contributed by atoms with E-state index in [1.807, 2.05) is 42.9 Å². The lowest BCUT2D eigenvalue weighted by Gasteiger charge is -2.18. The molecule has 3 rings (SSSR count). The molecule has 0 saturated heterocycles. The lowest BCUT2D eigenvalue weighted by Crippen LogP contribution is -2.43. The molecule has 9 nitrogen and oxygen atoms in total. The predicted octanol–water partition coefficient (Wildman–Crippen LogP) is 2.52. The molecule has 1 atom stereocenters. The number of aromatic amines is 1. The number of hydrogen-bond donors (Lipinski definition) is 3. The highest BCUT2D eigenvalue weighted by atomic mass is 16.5. The van der Waals surface area contributed by atoms with Crippen LogP contribution in [-0.2, 0) is 20.0 Å². The minimum absolute atomic E-state index is 0.198. The average Bonchev–Trinajstić information content (AvgIpc) is 3.32. The third-order valence-corrected chi connectivity index (χ3v) is 5.16. The molecule has 1 aromatic carbocycles. The number of nitrogens with zero attached hydrogens (tertiary/aromatic N) is 5. The smallest absolute Gasteiger partial charge is 0.191 e. The van der Waals surface area contributed by atoms with Gasteiger partial charge in [0.2, 0.25) is 0 Å². The van der Waals surface area contributed by atoms with Gasteiger partial charge in [0.1, 0.15) is 18.1 Å². The molecule has 0 aliphatic rings. The molecule has 3 N–H and O–H groups in total. The van der Waals surface area contributed by atoms with Crippen LogP contribution in [0, 0.1) is 13.8 Å². The van der Waals surface area contributed by atoms with E-state index in [1.165, 1.54) is 11.3 Å². The third kappa shape index (κ3) is 5.62. The van der Waals surface area contributed by atoms with Gasteiger partial charge >= 0.3 is 0 Å². The highest BCUT2D eigenvalue weighted by Crippen LogP contribution is 2.19. The van der Waals surface area contributed by atoms with E-state index in [0.29, 0.717) is 18.2 Å². The summed E-state index contributed by atoms with van der Waals surface area (Å²) in [5.74, 6) is 2.89. The fourth-order valence-corrected chi connectivity index (χ4v) is 3.41. The molecule has 0 spiro atoms. The highest BCUT2D eigenvalue weighted by molar-refractivity contribution is 5.80. The first kappa shape index (κ1) is 22.3. The number of rotatable bonds is 8. The van der Waals surface area contributed by atoms with E-state index < -0.39 is 0 Å². The number of nitrogens with one attached hydrogen (secondary N) is 3. The summed E-state index contributed by atoms with van der Waals surface area (Å²) in [6, 6.07) is 7.85. The van der Waals surface area contributed by atoms with Gasteiger partial charge in [-0.15, -0.1) is 0 Å². The van der Waals surface area contributed by atoms with Crippen molar-refractivity contribution < 1.29 is 4.74 Å². The van der Waals surface area contributed by atoms with Crippen LogP contribution in [0.3, 0.4) is 0 Å². The first-order chi connectivity index (χ1) is 14.9. The quantitative estimate of drug-likeness (QED) is 0.379. The summed E-state index contributed by atoms with van der Waals surface area (Å²) >= 11 is 0. The van der Waals surface area contributed by atoms with Gasteiger partial charge in [-0.1, -0.05) is 0 Å². The molecule has 9 heteroatoms. The van der Waals surface area contributed by atoms with Gasteiger partial charge in [-0.25, -0.2) is 9.98 Å². The second-order valence-electron chi connectivity index (χ2n) is 7.55. The average molecular weight is 425 g/mol. The maximum absolute atomic E-state index is 5.20. The van der Waals surface area contributed by atoms with Gasteiger partial charge < -0.3 is 15.4 Å². The summed E-state index contributed by atoms with van der Waals surface area (Å²) in [6.45, 7) is 9.53. The van der Waals surface area contributed by atoms with E-state index in [0.717, 1.165) is 35.9 Å². The first-order valence-corrected chi connectivity index (χ1v) is 10.5. The third-order valence-electron chi connectivity index (χ3n) is 5.16. The molecule has 0 saturated carbocycles. The Hall–Kier alpha value is -3.36. The predicted molar refractivity (Wildman–Crippen MR) is 122 cm³/mol. The molecule has 0 aliphatic carbocycles. The lowest BCUT2D eigenvalue weighted by molar-refractivity contribution is 0.415. The molecule has 0 fully saturated rings. The van der Waals surface area contributed by atoms with Crippen molar-refractivity contribution in [1.82, 2.24) is 35.6 Å². The minimum Gasteiger partial charge on any atom is -0.497 e. The van der Waals surface area contributed by atoms with Crippen molar-refractivity contribution in [3.05, 3.63) is 47.0 Å². The van der Waals surface area contributed by atoms with Gasteiger partial charge in [-0.2, -0.15) is 10.2 Å². The topological polar surface area (TPSA) is 105 Å². The lowest BCUT2D eigenvalue weighted by atomic mass is 10.1. The molecule has 0 amide bonds. The summed E-state index contributed by atoms with van der Waals surface area (Å²) in [6.07, 6.45) is 0.875. The van der Waals surface area contributed by atoms with Crippen molar-refractivity contribution in [1.29, 1.82) is 0 Å². The van der Waals surface area contributed by atoms with E-state index in [1.54, 1.807) is 7.11 Å². The second kappa shape index (κ2) is 10.1. The maximum Gasteiger partial charge on any atom is 0.191 e. The van der Waals surface area contributed by atoms with Gasteiger partial charge in [-0.3, -0.25) is 9.78 Å². The molecule has 166 valence electrons. The number of ether oxygens (including phenoxy) is 1. The molecule has 0 aliphatic heterocycles. The summed E-state index contributed by atoms with van der Waals surface area (Å²) in [5, 5.41) is 18.6. The van der Waals surface area contributed by atoms with Crippen LogP contribution in [0.25, 0.3) is 11.4 Å². The van der Waals surface area contributed by atoms with Crippen molar-refractivity contribution in [3.63, 3.8) is 0 Å². The molecule has 2 heterocycles. The minimum atomic E-state index is 0.198. The van der Waals surface area contributed by atoms with Crippen LogP contribution >= 0.6 is 0 Å². The zero-order valence-corrected chi connectivity index (χ0v) is 19.2. The fourth-order valence-electron chi connectivity index (χ4n) is 3.41. The zero-order chi connectivity index (χ0) is 22.4. The zero-order valence-electron chi connectivity index (χ0n) is 19.2. The summed E-state index contributed by atoms with van der Waals surface area (Å²) in [5.41, 5.74) is 4.47. The fraction of sp³-hybridized carbons (Fsp3) is 0.455. The number of benzene rings is 1. The number of aromatic nitrogens is 5. The van der Waals surface area contributed by atoms with Gasteiger partial charge in [0, 0.05) is 30.9 Å². The van der Waals surface area contributed by atoms with Crippen molar-refractivity contribution in [3.8, 4) is 17.1 Å². The molecule has 0 radical (unpaired) electrons. The van der Waals surface area contributed by atoms with Gasteiger partial charge in [0.25, 0.3) is 0 Å². The van der Waals surface area contributed by atoms with Crippen LogP contribution in [0.15, 0.2) is 29.3 Å². The van der Waals surface area contributed by atoms with Crippen LogP contribution in [0.1, 0.15) is 36.6 Å². The van der Waals surface area contributed by atoms with Gasteiger partial charge in [0.15, 0.2) is 11.8 Å². The number of aliphatic imine (C=N–C) groups is 1. The molecular formula is C22H32N8O. The van der Waals surface area contributed by atoms with Crippen molar-refractivity contribution in [2.24, 2.45) is 12.0 Å². The highest BCUT2D eigenvalue weighted by Gasteiger charge is 2.14. The summed E-state index contributed by atoms with van der Waals surface area (Å²) in [4.78, 5) is 9.23. The monoisotopic (exact) mass is 424 g/mol. The SMILES string of the molecule is CCNC(=NCc1nc(-c2ccc(OC)cc2)n[nH]1)NC(C)Cc1c(C)nn(C)c1C. The summed E-state index contributed by atoms with van der Waals surface area (Å²) in [7, 11) is 3.63. The normalized spacial score (nSPS) is 12.6. The Bertz CT molecular complexity index is 1020. The van der Waals surface area contributed by atoms with Crippen LogP contribution in [0.5, 0.6) is 5.75 Å². The number of H-pyrrole nitrogens is 1. The Balaban J connectivity index is 1.64. The van der Waals surface area contributed by atoms with Crippen LogP contribution in [-0.4, -0.2) is 50.6 Å². The van der Waals surface area contributed by atoms with Crippen LogP contribution in [0.2, 0.25) is 0 Å². The van der Waals surface area contributed by atoms with Crippen LogP contribution < -0.4 is 15.4 Å². The number of aryl methyl sites for hydroxylation is 2. The van der Waals surface area contributed by atoms with E-state index in [2.05, 4.69) is 56.7 Å². The van der Waals surface area contributed by atoms with Crippen molar-refractivity contribution in [2.75, 3.05) is 13.7 Å². The Morgan fingerprint density at radius 1 is 1.26 bits per heavy atom. The number of hydrogen-bond acceptors (Lipinski definition) is 5. The molecule has 1 unspecified atom stereocenters. The van der Waals surface area contributed by atoms with E-state index in [-0.39, 0.29) is 6.04 Å². The van der Waals surface area contributed by atoms with Crippen molar-refractivity contribution >= 4 is 5.96 Å². The van der Waals surface area contributed by atoms with Crippen molar-refractivity contribution in [2.45, 2.75) is 46.7 Å². The van der Waals surface area contributed by atoms with E-state index in [4.69, 9.17) is 4.74 Å².